The molecular formula is C30H31ClN8O2. The van der Waals surface area contributed by atoms with E-state index < -0.39 is 5.60 Å². The summed E-state index contributed by atoms with van der Waals surface area (Å²) >= 11 is 6.62. The Balaban J connectivity index is 1.14. The summed E-state index contributed by atoms with van der Waals surface area (Å²) in [4.78, 5) is 28.4. The van der Waals surface area contributed by atoms with E-state index in [0.717, 1.165) is 33.5 Å². The molecular weight excluding hydrogens is 540 g/mol. The molecule has 5 aromatic rings. The lowest BCUT2D eigenvalue weighted by Gasteiger charge is -2.38. The van der Waals surface area contributed by atoms with Crippen molar-refractivity contribution in [3.05, 3.63) is 94.0 Å². The quantitative estimate of drug-likeness (QED) is 0.305. The molecule has 1 aliphatic rings. The van der Waals surface area contributed by atoms with Gasteiger partial charge in [0, 0.05) is 61.8 Å². The lowest BCUT2D eigenvalue weighted by Crippen LogP contribution is -2.47. The fraction of sp³-hybridized carbons (Fsp3) is 0.300. The van der Waals surface area contributed by atoms with E-state index in [1.807, 2.05) is 42.5 Å². The predicted octanol–water partition coefficient (Wildman–Crippen LogP) is 3.39. The molecule has 0 aliphatic carbocycles. The summed E-state index contributed by atoms with van der Waals surface area (Å²) in [6.07, 6.45) is 7.59. The number of aryl methyl sites for hydroxylation is 1. The van der Waals surface area contributed by atoms with E-state index in [0.29, 0.717) is 49.6 Å². The van der Waals surface area contributed by atoms with Crippen molar-refractivity contribution in [3.8, 4) is 22.4 Å². The summed E-state index contributed by atoms with van der Waals surface area (Å²) < 4.78 is 3.16. The van der Waals surface area contributed by atoms with Crippen LogP contribution in [0, 0.1) is 0 Å². The zero-order valence-corrected chi connectivity index (χ0v) is 23.5. The number of fused-ring (bicyclic) bond motifs is 1. The maximum absolute atomic E-state index is 13.4. The largest absolute Gasteiger partial charge is 0.388 e. The van der Waals surface area contributed by atoms with Gasteiger partial charge in [-0.15, -0.1) is 0 Å². The topological polar surface area (TPSA) is 128 Å². The highest BCUT2D eigenvalue weighted by molar-refractivity contribution is 6.31. The first kappa shape index (κ1) is 27.2. The van der Waals surface area contributed by atoms with Gasteiger partial charge in [-0.25, -0.2) is 15.0 Å². The van der Waals surface area contributed by atoms with E-state index in [9.17, 15) is 9.90 Å². The third-order valence-electron chi connectivity index (χ3n) is 7.87. The van der Waals surface area contributed by atoms with Crippen molar-refractivity contribution < 1.29 is 5.11 Å². The number of hydrogen-bond acceptors (Lipinski definition) is 8. The highest BCUT2D eigenvalue weighted by Gasteiger charge is 2.33. The average Bonchev–Trinajstić information content (AvgIpc) is 3.34. The van der Waals surface area contributed by atoms with Crippen molar-refractivity contribution in [1.29, 1.82) is 0 Å². The Morgan fingerprint density at radius 1 is 1.00 bits per heavy atom. The molecule has 0 radical (unpaired) electrons. The monoisotopic (exact) mass is 570 g/mol. The highest BCUT2D eigenvalue weighted by atomic mass is 35.5. The summed E-state index contributed by atoms with van der Waals surface area (Å²) in [5.74, 6) is 0. The summed E-state index contributed by atoms with van der Waals surface area (Å²) in [6, 6.07) is 13.8. The lowest BCUT2D eigenvalue weighted by molar-refractivity contribution is -0.0364. The molecule has 11 heteroatoms. The molecule has 0 unspecified atom stereocenters. The van der Waals surface area contributed by atoms with Gasteiger partial charge in [-0.2, -0.15) is 5.10 Å². The second kappa shape index (κ2) is 11.1. The molecule has 1 fully saturated rings. The van der Waals surface area contributed by atoms with Crippen LogP contribution < -0.4 is 11.3 Å². The van der Waals surface area contributed by atoms with Crippen LogP contribution in [0.4, 0.5) is 0 Å². The van der Waals surface area contributed by atoms with Crippen molar-refractivity contribution in [2.75, 3.05) is 13.1 Å². The van der Waals surface area contributed by atoms with Crippen LogP contribution in [0.3, 0.4) is 0 Å². The Morgan fingerprint density at radius 3 is 2.39 bits per heavy atom. The molecule has 3 aromatic heterocycles. The average molecular weight is 571 g/mol. The number of hydrogen-bond donors (Lipinski definition) is 2. The van der Waals surface area contributed by atoms with Crippen molar-refractivity contribution in [2.24, 2.45) is 12.8 Å². The first-order valence-electron chi connectivity index (χ1n) is 13.5. The smallest absolute Gasteiger partial charge is 0.281 e. The molecule has 210 valence electrons. The van der Waals surface area contributed by atoms with Crippen LogP contribution in [0.2, 0.25) is 5.02 Å². The van der Waals surface area contributed by atoms with Gasteiger partial charge >= 0.3 is 0 Å². The Labute approximate surface area is 242 Å². The minimum atomic E-state index is -1.02. The van der Waals surface area contributed by atoms with Gasteiger partial charge in [0.25, 0.3) is 5.56 Å². The van der Waals surface area contributed by atoms with Crippen molar-refractivity contribution in [1.82, 2.24) is 34.2 Å². The molecule has 41 heavy (non-hydrogen) atoms. The third kappa shape index (κ3) is 5.51. The van der Waals surface area contributed by atoms with Gasteiger partial charge < -0.3 is 10.8 Å². The Kier molecular flexibility index (Phi) is 7.39. The van der Waals surface area contributed by atoms with E-state index in [1.54, 1.807) is 24.1 Å². The number of benzene rings is 2. The molecule has 4 heterocycles. The first-order chi connectivity index (χ1) is 19.8. The van der Waals surface area contributed by atoms with Gasteiger partial charge in [0.1, 0.15) is 11.8 Å². The van der Waals surface area contributed by atoms with Gasteiger partial charge in [0.15, 0.2) is 5.52 Å². The standard InChI is InChI=1S/C30H31ClN8O2/c1-37-28(21-4-2-20(13-32)3-5-21)26-27(36-37)29(40)39(19-35-26)17-30(41)8-10-38(11-9-30)16-23-7-6-22(12-25(23)31)24-14-33-18-34-15-24/h2-7,12,14-15,18-19,41H,8-11,13,16-17,32H2,1H3. The number of rotatable bonds is 7. The van der Waals surface area contributed by atoms with E-state index in [2.05, 4.69) is 25.0 Å². The van der Waals surface area contributed by atoms with Crippen LogP contribution in [0.1, 0.15) is 24.0 Å². The summed E-state index contributed by atoms with van der Waals surface area (Å²) in [5.41, 5.74) is 10.9. The summed E-state index contributed by atoms with van der Waals surface area (Å²) in [5, 5.41) is 16.6. The number of aromatic nitrogens is 6. The van der Waals surface area contributed by atoms with Crippen molar-refractivity contribution in [2.45, 2.75) is 38.1 Å². The Bertz CT molecular complexity index is 1740. The van der Waals surface area contributed by atoms with Crippen LogP contribution in [-0.2, 0) is 26.7 Å². The fourth-order valence-corrected chi connectivity index (χ4v) is 5.72. The normalized spacial score (nSPS) is 15.4. The molecule has 3 N–H and O–H groups in total. The van der Waals surface area contributed by atoms with E-state index >= 15 is 0 Å². The number of likely N-dealkylation sites (tertiary alicyclic amines) is 1. The molecule has 1 aliphatic heterocycles. The molecule has 0 atom stereocenters. The lowest BCUT2D eigenvalue weighted by atomic mass is 9.91. The maximum atomic E-state index is 13.4. The molecule has 0 saturated carbocycles. The summed E-state index contributed by atoms with van der Waals surface area (Å²) in [6.45, 7) is 2.66. The van der Waals surface area contributed by atoms with Crippen molar-refractivity contribution >= 4 is 22.6 Å². The van der Waals surface area contributed by atoms with Crippen LogP contribution in [0.15, 0.2) is 72.3 Å². The van der Waals surface area contributed by atoms with Crippen LogP contribution >= 0.6 is 11.6 Å². The van der Waals surface area contributed by atoms with Gasteiger partial charge in [-0.1, -0.05) is 48.0 Å². The van der Waals surface area contributed by atoms with Crippen molar-refractivity contribution in [3.63, 3.8) is 0 Å². The molecule has 2 aromatic carbocycles. The van der Waals surface area contributed by atoms with E-state index in [4.69, 9.17) is 17.3 Å². The maximum Gasteiger partial charge on any atom is 0.281 e. The fourth-order valence-electron chi connectivity index (χ4n) is 5.48. The van der Waals surface area contributed by atoms with Crippen LogP contribution in [0.5, 0.6) is 0 Å². The van der Waals surface area contributed by atoms with Crippen LogP contribution in [-0.4, -0.2) is 58.0 Å². The predicted molar refractivity (Wildman–Crippen MR) is 158 cm³/mol. The zero-order chi connectivity index (χ0) is 28.6. The molecule has 0 bridgehead atoms. The SMILES string of the molecule is Cn1nc2c(=O)n(CC3(O)CCN(Cc4ccc(-c5cncnc5)cc4Cl)CC3)cnc2c1-c1ccc(CN)cc1. The molecule has 1 saturated heterocycles. The third-order valence-corrected chi connectivity index (χ3v) is 8.22. The molecule has 10 nitrogen and oxygen atoms in total. The number of aliphatic hydroxyl groups is 1. The minimum Gasteiger partial charge on any atom is -0.388 e. The van der Waals surface area contributed by atoms with Gasteiger partial charge in [-0.05, 0) is 35.6 Å². The van der Waals surface area contributed by atoms with E-state index in [-0.39, 0.29) is 17.6 Å². The minimum absolute atomic E-state index is 0.161. The Morgan fingerprint density at radius 2 is 1.71 bits per heavy atom. The number of halogens is 1. The van der Waals surface area contributed by atoms with Gasteiger partial charge in [-0.3, -0.25) is 18.9 Å². The highest BCUT2D eigenvalue weighted by Crippen LogP contribution is 2.30. The van der Waals surface area contributed by atoms with Gasteiger partial charge in [0.05, 0.1) is 24.2 Å². The summed E-state index contributed by atoms with van der Waals surface area (Å²) in [7, 11) is 1.80. The first-order valence-corrected chi connectivity index (χ1v) is 13.9. The second-order valence-corrected chi connectivity index (χ2v) is 11.1. The zero-order valence-electron chi connectivity index (χ0n) is 22.7. The number of nitrogens with zero attached hydrogens (tertiary/aromatic N) is 7. The molecule has 6 rings (SSSR count). The number of nitrogens with two attached hydrogens (primary N) is 1. The Hall–Kier alpha value is -3.96. The molecule has 0 spiro atoms. The number of piperidine rings is 1. The van der Waals surface area contributed by atoms with Crippen LogP contribution in [0.25, 0.3) is 33.4 Å². The second-order valence-electron chi connectivity index (χ2n) is 10.7. The van der Waals surface area contributed by atoms with Gasteiger partial charge in [0.2, 0.25) is 0 Å². The molecule has 0 amide bonds. The van der Waals surface area contributed by atoms with E-state index in [1.165, 1.54) is 17.2 Å².